The van der Waals surface area contributed by atoms with Crippen molar-refractivity contribution in [2.24, 2.45) is 0 Å². The molecule has 0 radical (unpaired) electrons. The Bertz CT molecular complexity index is 1180. The molecule has 148 valence electrons. The van der Waals surface area contributed by atoms with E-state index in [1.54, 1.807) is 28.9 Å². The van der Waals surface area contributed by atoms with Crippen molar-refractivity contribution in [2.45, 2.75) is 39.1 Å². The Labute approximate surface area is 163 Å². The number of nitrogens with zero attached hydrogens (tertiary/aromatic N) is 4. The molecule has 0 bridgehead atoms. The highest BCUT2D eigenvalue weighted by atomic mass is 32.2. The van der Waals surface area contributed by atoms with Gasteiger partial charge in [-0.15, -0.1) is 5.10 Å². The van der Waals surface area contributed by atoms with E-state index >= 15 is 0 Å². The fraction of sp³-hybridized carbons (Fsp3) is 0.316. The Kier molecular flexibility index (Phi) is 5.48. The molecule has 2 heterocycles. The van der Waals surface area contributed by atoms with Crippen LogP contribution in [-0.2, 0) is 16.6 Å². The SMILES string of the molecule is Cc1cc(C)n(-c2ccc(=O)n(CCNS(=O)(=O)c3ccc(C)c(C)c3)n2)n1. The van der Waals surface area contributed by atoms with E-state index in [2.05, 4.69) is 14.9 Å². The van der Waals surface area contributed by atoms with Crippen LogP contribution in [0.15, 0.2) is 46.1 Å². The van der Waals surface area contributed by atoms with Gasteiger partial charge in [-0.2, -0.15) is 5.10 Å². The first-order chi connectivity index (χ1) is 13.2. The second-order valence-electron chi connectivity index (χ2n) is 6.74. The largest absolute Gasteiger partial charge is 0.268 e. The molecule has 3 aromatic rings. The van der Waals surface area contributed by atoms with Crippen molar-refractivity contribution in [3.63, 3.8) is 0 Å². The maximum Gasteiger partial charge on any atom is 0.266 e. The van der Waals surface area contributed by atoms with Crippen molar-refractivity contribution in [1.29, 1.82) is 0 Å². The molecule has 0 aliphatic heterocycles. The molecule has 3 rings (SSSR count). The van der Waals surface area contributed by atoms with Crippen LogP contribution in [-0.4, -0.2) is 34.5 Å². The molecule has 1 aromatic carbocycles. The zero-order valence-electron chi connectivity index (χ0n) is 16.3. The minimum Gasteiger partial charge on any atom is -0.268 e. The van der Waals surface area contributed by atoms with Crippen LogP contribution in [0.2, 0.25) is 0 Å². The summed E-state index contributed by atoms with van der Waals surface area (Å²) in [6, 6.07) is 9.88. The number of aryl methyl sites for hydroxylation is 4. The molecular formula is C19H23N5O3S. The van der Waals surface area contributed by atoms with E-state index in [-0.39, 0.29) is 23.5 Å². The lowest BCUT2D eigenvalue weighted by Gasteiger charge is -2.10. The maximum absolute atomic E-state index is 12.5. The van der Waals surface area contributed by atoms with Crippen LogP contribution < -0.4 is 10.3 Å². The summed E-state index contributed by atoms with van der Waals surface area (Å²) in [7, 11) is -3.66. The summed E-state index contributed by atoms with van der Waals surface area (Å²) < 4.78 is 30.3. The molecular weight excluding hydrogens is 378 g/mol. The molecule has 28 heavy (non-hydrogen) atoms. The summed E-state index contributed by atoms with van der Waals surface area (Å²) in [6.45, 7) is 7.71. The molecule has 9 heteroatoms. The van der Waals surface area contributed by atoms with Crippen LogP contribution in [0.25, 0.3) is 5.82 Å². The van der Waals surface area contributed by atoms with Crippen LogP contribution in [0.1, 0.15) is 22.5 Å². The van der Waals surface area contributed by atoms with Gasteiger partial charge in [-0.3, -0.25) is 4.79 Å². The predicted molar refractivity (Wildman–Crippen MR) is 106 cm³/mol. The smallest absolute Gasteiger partial charge is 0.266 e. The second-order valence-corrected chi connectivity index (χ2v) is 8.50. The summed E-state index contributed by atoms with van der Waals surface area (Å²) in [5.41, 5.74) is 3.36. The summed E-state index contributed by atoms with van der Waals surface area (Å²) in [6.07, 6.45) is 0. The lowest BCUT2D eigenvalue weighted by atomic mass is 10.1. The average molecular weight is 401 g/mol. The molecule has 0 aliphatic carbocycles. The van der Waals surface area contributed by atoms with Gasteiger partial charge >= 0.3 is 0 Å². The van der Waals surface area contributed by atoms with Gasteiger partial charge in [-0.1, -0.05) is 6.07 Å². The van der Waals surface area contributed by atoms with E-state index in [0.717, 1.165) is 22.5 Å². The van der Waals surface area contributed by atoms with Crippen molar-refractivity contribution in [3.05, 3.63) is 69.3 Å². The van der Waals surface area contributed by atoms with Crippen molar-refractivity contribution >= 4 is 10.0 Å². The van der Waals surface area contributed by atoms with Gasteiger partial charge in [0.05, 0.1) is 17.1 Å². The van der Waals surface area contributed by atoms with Gasteiger partial charge in [-0.05, 0) is 63.1 Å². The number of hydrogen-bond acceptors (Lipinski definition) is 5. The van der Waals surface area contributed by atoms with E-state index in [1.165, 1.54) is 10.7 Å². The minimum atomic E-state index is -3.66. The summed E-state index contributed by atoms with van der Waals surface area (Å²) in [5, 5.41) is 8.66. The molecule has 0 atom stereocenters. The first kappa shape index (κ1) is 20.0. The third-order valence-electron chi connectivity index (χ3n) is 4.48. The van der Waals surface area contributed by atoms with Gasteiger partial charge in [0.25, 0.3) is 5.56 Å². The third kappa shape index (κ3) is 4.20. The average Bonchev–Trinajstić information content (AvgIpc) is 2.97. The van der Waals surface area contributed by atoms with Crippen LogP contribution in [0.5, 0.6) is 0 Å². The standard InChI is InChI=1S/C19H23N5O3S/c1-13-5-6-17(11-14(13)2)28(26,27)20-9-10-23-19(25)8-7-18(22-23)24-16(4)12-15(3)21-24/h5-8,11-12,20H,9-10H2,1-4H3. The Morgan fingerprint density at radius 2 is 1.71 bits per heavy atom. The zero-order chi connectivity index (χ0) is 20.5. The van der Waals surface area contributed by atoms with Gasteiger partial charge in [-0.25, -0.2) is 22.5 Å². The van der Waals surface area contributed by atoms with Crippen LogP contribution in [0, 0.1) is 27.7 Å². The van der Waals surface area contributed by atoms with Crippen molar-refractivity contribution in [1.82, 2.24) is 24.3 Å². The Balaban J connectivity index is 1.75. The topological polar surface area (TPSA) is 98.9 Å². The molecule has 0 spiro atoms. The van der Waals surface area contributed by atoms with Crippen LogP contribution >= 0.6 is 0 Å². The monoisotopic (exact) mass is 401 g/mol. The number of benzene rings is 1. The van der Waals surface area contributed by atoms with Crippen molar-refractivity contribution in [3.8, 4) is 5.82 Å². The Hall–Kier alpha value is -2.78. The first-order valence-corrected chi connectivity index (χ1v) is 10.3. The van der Waals surface area contributed by atoms with Crippen molar-refractivity contribution < 1.29 is 8.42 Å². The number of rotatable bonds is 6. The highest BCUT2D eigenvalue weighted by molar-refractivity contribution is 7.89. The first-order valence-electron chi connectivity index (χ1n) is 8.86. The second kappa shape index (κ2) is 7.69. The highest BCUT2D eigenvalue weighted by Crippen LogP contribution is 2.14. The fourth-order valence-corrected chi connectivity index (χ4v) is 3.93. The van der Waals surface area contributed by atoms with Gasteiger partial charge in [0.1, 0.15) is 0 Å². The van der Waals surface area contributed by atoms with E-state index < -0.39 is 10.0 Å². The van der Waals surface area contributed by atoms with Gasteiger partial charge < -0.3 is 0 Å². The number of aromatic nitrogens is 4. The van der Waals surface area contributed by atoms with E-state index in [0.29, 0.717) is 5.82 Å². The summed E-state index contributed by atoms with van der Waals surface area (Å²) >= 11 is 0. The molecule has 0 unspecified atom stereocenters. The molecule has 2 aromatic heterocycles. The number of nitrogens with one attached hydrogen (secondary N) is 1. The molecule has 1 N–H and O–H groups in total. The van der Waals surface area contributed by atoms with Gasteiger partial charge in [0.2, 0.25) is 10.0 Å². The molecule has 0 saturated heterocycles. The molecule has 0 fully saturated rings. The quantitative estimate of drug-likeness (QED) is 0.677. The maximum atomic E-state index is 12.5. The molecule has 8 nitrogen and oxygen atoms in total. The Morgan fingerprint density at radius 3 is 2.36 bits per heavy atom. The van der Waals surface area contributed by atoms with Gasteiger partial charge in [0.15, 0.2) is 5.82 Å². The molecule has 0 amide bonds. The zero-order valence-corrected chi connectivity index (χ0v) is 17.1. The lowest BCUT2D eigenvalue weighted by molar-refractivity contribution is 0.541. The van der Waals surface area contributed by atoms with Crippen LogP contribution in [0.3, 0.4) is 0 Å². The fourth-order valence-electron chi connectivity index (χ4n) is 2.82. The summed E-state index contributed by atoms with van der Waals surface area (Å²) in [5.74, 6) is 0.502. The van der Waals surface area contributed by atoms with Crippen molar-refractivity contribution in [2.75, 3.05) is 6.54 Å². The van der Waals surface area contributed by atoms with E-state index in [1.807, 2.05) is 33.8 Å². The summed E-state index contributed by atoms with van der Waals surface area (Å²) in [4.78, 5) is 12.3. The normalized spacial score (nSPS) is 11.7. The highest BCUT2D eigenvalue weighted by Gasteiger charge is 2.14. The Morgan fingerprint density at radius 1 is 0.964 bits per heavy atom. The van der Waals surface area contributed by atoms with E-state index in [9.17, 15) is 13.2 Å². The minimum absolute atomic E-state index is 0.0444. The van der Waals surface area contributed by atoms with Gasteiger partial charge in [0, 0.05) is 18.3 Å². The number of hydrogen-bond donors (Lipinski definition) is 1. The number of sulfonamides is 1. The molecule has 0 saturated carbocycles. The predicted octanol–water partition coefficient (Wildman–Crippen LogP) is 1.64. The van der Waals surface area contributed by atoms with E-state index in [4.69, 9.17) is 0 Å². The molecule has 0 aliphatic rings. The third-order valence-corrected chi connectivity index (χ3v) is 5.94. The lowest BCUT2D eigenvalue weighted by Crippen LogP contribution is -2.32. The van der Waals surface area contributed by atoms with Crippen LogP contribution in [0.4, 0.5) is 0 Å².